The van der Waals surface area contributed by atoms with Crippen LogP contribution in [-0.4, -0.2) is 18.8 Å². The predicted molar refractivity (Wildman–Crippen MR) is 69.4 cm³/mol. The molecule has 82 valence electrons. The summed E-state index contributed by atoms with van der Waals surface area (Å²) in [6.45, 7) is 3.39. The Morgan fingerprint density at radius 1 is 1.33 bits per heavy atom. The Kier molecular flexibility index (Phi) is 3.45. The van der Waals surface area contributed by atoms with Gasteiger partial charge in [0.2, 0.25) is 0 Å². The van der Waals surface area contributed by atoms with Gasteiger partial charge in [-0.3, -0.25) is 0 Å². The minimum atomic E-state index is -0.0913. The molecular formula is C10H9Br3O2. The van der Waals surface area contributed by atoms with Crippen molar-refractivity contribution in [3.8, 4) is 5.75 Å². The average Bonchev–Trinajstić information content (AvgIpc) is 2.82. The van der Waals surface area contributed by atoms with E-state index < -0.39 is 0 Å². The smallest absolute Gasteiger partial charge is 0.147 e. The van der Waals surface area contributed by atoms with Gasteiger partial charge in [0.1, 0.15) is 18.0 Å². The van der Waals surface area contributed by atoms with Crippen LogP contribution in [0.4, 0.5) is 0 Å². The van der Waals surface area contributed by atoms with Gasteiger partial charge < -0.3 is 9.47 Å². The van der Waals surface area contributed by atoms with Crippen LogP contribution in [-0.2, 0) is 4.74 Å². The van der Waals surface area contributed by atoms with Gasteiger partial charge in [0.05, 0.1) is 15.6 Å². The molecule has 1 heterocycles. The number of halogens is 3. The maximum atomic E-state index is 5.71. The summed E-state index contributed by atoms with van der Waals surface area (Å²) in [5, 5.41) is 0. The van der Waals surface area contributed by atoms with E-state index in [1.54, 1.807) is 0 Å². The number of epoxide rings is 1. The van der Waals surface area contributed by atoms with Gasteiger partial charge in [-0.05, 0) is 50.9 Å². The zero-order valence-electron chi connectivity index (χ0n) is 8.02. The lowest BCUT2D eigenvalue weighted by atomic mass is 10.2. The SMILES string of the molecule is CC1(COc2c(Br)cc(Br)cc2Br)CO1. The van der Waals surface area contributed by atoms with Crippen molar-refractivity contribution in [2.75, 3.05) is 13.2 Å². The van der Waals surface area contributed by atoms with Gasteiger partial charge in [0.15, 0.2) is 0 Å². The molecular weight excluding hydrogens is 392 g/mol. The quantitative estimate of drug-likeness (QED) is 0.711. The highest BCUT2D eigenvalue weighted by atomic mass is 79.9. The first kappa shape index (κ1) is 11.9. The van der Waals surface area contributed by atoms with Crippen molar-refractivity contribution < 1.29 is 9.47 Å². The molecule has 0 N–H and O–H groups in total. The Labute approximate surface area is 114 Å². The summed E-state index contributed by atoms with van der Waals surface area (Å²) in [6.07, 6.45) is 0. The summed E-state index contributed by atoms with van der Waals surface area (Å²) in [6, 6.07) is 3.91. The Hall–Kier alpha value is 0.420. The average molecular weight is 401 g/mol. The van der Waals surface area contributed by atoms with E-state index in [0.717, 1.165) is 25.8 Å². The number of ether oxygens (including phenoxy) is 2. The zero-order valence-corrected chi connectivity index (χ0v) is 12.8. The van der Waals surface area contributed by atoms with Crippen molar-refractivity contribution in [2.24, 2.45) is 0 Å². The second-order valence-corrected chi connectivity index (χ2v) is 6.35. The molecule has 1 saturated heterocycles. The fourth-order valence-corrected chi connectivity index (χ4v) is 3.59. The topological polar surface area (TPSA) is 21.8 Å². The first-order valence-corrected chi connectivity index (χ1v) is 6.79. The molecule has 0 amide bonds. The molecule has 0 bridgehead atoms. The molecule has 1 aromatic carbocycles. The summed E-state index contributed by atoms with van der Waals surface area (Å²) in [5.41, 5.74) is -0.0913. The van der Waals surface area contributed by atoms with E-state index >= 15 is 0 Å². The van der Waals surface area contributed by atoms with E-state index in [1.165, 1.54) is 0 Å². The summed E-state index contributed by atoms with van der Waals surface area (Å²) in [7, 11) is 0. The molecule has 1 aliphatic rings. The highest BCUT2D eigenvalue weighted by Gasteiger charge is 2.40. The van der Waals surface area contributed by atoms with Gasteiger partial charge in [-0.25, -0.2) is 0 Å². The Balaban J connectivity index is 2.13. The Morgan fingerprint density at radius 3 is 2.33 bits per heavy atom. The predicted octanol–water partition coefficient (Wildman–Crippen LogP) is 4.14. The van der Waals surface area contributed by atoms with Gasteiger partial charge in [0.25, 0.3) is 0 Å². The van der Waals surface area contributed by atoms with Crippen LogP contribution < -0.4 is 4.74 Å². The lowest BCUT2D eigenvalue weighted by molar-refractivity contribution is 0.201. The molecule has 2 rings (SSSR count). The normalized spacial score (nSPS) is 24.0. The van der Waals surface area contributed by atoms with Crippen molar-refractivity contribution in [3.63, 3.8) is 0 Å². The monoisotopic (exact) mass is 398 g/mol. The molecule has 1 aromatic rings. The minimum absolute atomic E-state index is 0.0913. The van der Waals surface area contributed by atoms with Crippen LogP contribution in [0.2, 0.25) is 0 Å². The molecule has 0 aromatic heterocycles. The van der Waals surface area contributed by atoms with Crippen LogP contribution in [0, 0.1) is 0 Å². The lowest BCUT2D eigenvalue weighted by Gasteiger charge is -2.12. The van der Waals surface area contributed by atoms with Gasteiger partial charge >= 0.3 is 0 Å². The third kappa shape index (κ3) is 2.96. The number of benzene rings is 1. The minimum Gasteiger partial charge on any atom is -0.488 e. The molecule has 1 aliphatic heterocycles. The third-order valence-electron chi connectivity index (χ3n) is 2.12. The van der Waals surface area contributed by atoms with E-state index in [1.807, 2.05) is 19.1 Å². The number of rotatable bonds is 3. The fourth-order valence-electron chi connectivity index (χ4n) is 1.10. The summed E-state index contributed by atoms with van der Waals surface area (Å²) in [5.74, 6) is 0.815. The molecule has 0 spiro atoms. The standard InChI is InChI=1S/C10H9Br3O2/c1-10(5-15-10)4-14-9-7(12)2-6(11)3-8(9)13/h2-3H,4-5H2,1H3. The van der Waals surface area contributed by atoms with Crippen molar-refractivity contribution in [3.05, 3.63) is 25.6 Å². The van der Waals surface area contributed by atoms with Crippen molar-refractivity contribution >= 4 is 47.8 Å². The number of hydrogen-bond donors (Lipinski definition) is 0. The van der Waals surface area contributed by atoms with Crippen LogP contribution in [0.25, 0.3) is 0 Å². The van der Waals surface area contributed by atoms with E-state index in [9.17, 15) is 0 Å². The first-order chi connectivity index (χ1) is 7.00. The Bertz CT molecular complexity index is 365. The zero-order chi connectivity index (χ0) is 11.1. The molecule has 1 fully saturated rings. The molecule has 15 heavy (non-hydrogen) atoms. The van der Waals surface area contributed by atoms with Crippen LogP contribution in [0.3, 0.4) is 0 Å². The summed E-state index contributed by atoms with van der Waals surface area (Å²) >= 11 is 10.3. The molecule has 0 saturated carbocycles. The van der Waals surface area contributed by atoms with Crippen LogP contribution in [0.1, 0.15) is 6.92 Å². The summed E-state index contributed by atoms with van der Waals surface area (Å²) in [4.78, 5) is 0. The maximum absolute atomic E-state index is 5.71. The van der Waals surface area contributed by atoms with Crippen LogP contribution in [0.15, 0.2) is 25.6 Å². The molecule has 0 aliphatic carbocycles. The van der Waals surface area contributed by atoms with E-state index in [2.05, 4.69) is 47.8 Å². The van der Waals surface area contributed by atoms with Gasteiger partial charge in [-0.1, -0.05) is 15.9 Å². The van der Waals surface area contributed by atoms with Crippen molar-refractivity contribution in [1.82, 2.24) is 0 Å². The lowest BCUT2D eigenvalue weighted by Crippen LogP contribution is -2.17. The molecule has 0 radical (unpaired) electrons. The highest BCUT2D eigenvalue weighted by Crippen LogP contribution is 2.38. The largest absolute Gasteiger partial charge is 0.488 e. The van der Waals surface area contributed by atoms with E-state index in [4.69, 9.17) is 9.47 Å². The first-order valence-electron chi connectivity index (χ1n) is 4.41. The second kappa shape index (κ2) is 4.35. The number of hydrogen-bond acceptors (Lipinski definition) is 2. The van der Waals surface area contributed by atoms with Gasteiger partial charge in [-0.2, -0.15) is 0 Å². The van der Waals surface area contributed by atoms with Crippen molar-refractivity contribution in [2.45, 2.75) is 12.5 Å². The molecule has 2 nitrogen and oxygen atoms in total. The summed E-state index contributed by atoms with van der Waals surface area (Å²) < 4.78 is 13.8. The fraction of sp³-hybridized carbons (Fsp3) is 0.400. The molecule has 5 heteroatoms. The van der Waals surface area contributed by atoms with Crippen molar-refractivity contribution in [1.29, 1.82) is 0 Å². The van der Waals surface area contributed by atoms with Crippen LogP contribution >= 0.6 is 47.8 Å². The Morgan fingerprint density at radius 2 is 1.87 bits per heavy atom. The highest BCUT2D eigenvalue weighted by molar-refractivity contribution is 9.11. The van der Waals surface area contributed by atoms with E-state index in [0.29, 0.717) is 6.61 Å². The maximum Gasteiger partial charge on any atom is 0.147 e. The third-order valence-corrected chi connectivity index (χ3v) is 3.76. The van der Waals surface area contributed by atoms with Crippen LogP contribution in [0.5, 0.6) is 5.75 Å². The van der Waals surface area contributed by atoms with E-state index in [-0.39, 0.29) is 5.60 Å². The van der Waals surface area contributed by atoms with Gasteiger partial charge in [0, 0.05) is 4.47 Å². The second-order valence-electron chi connectivity index (χ2n) is 3.73. The van der Waals surface area contributed by atoms with Gasteiger partial charge in [-0.15, -0.1) is 0 Å². The molecule has 1 unspecified atom stereocenters. The molecule has 1 atom stereocenters.